The first-order valence-electron chi connectivity index (χ1n) is 7.61. The number of anilines is 1. The second kappa shape index (κ2) is 5.94. The molecule has 1 aromatic rings. The molecule has 2 fully saturated rings. The van der Waals surface area contributed by atoms with Gasteiger partial charge in [0, 0.05) is 30.9 Å². The normalized spacial score (nSPS) is 19.0. The van der Waals surface area contributed by atoms with Gasteiger partial charge in [0.2, 0.25) is 10.0 Å². The van der Waals surface area contributed by atoms with Gasteiger partial charge in [0.1, 0.15) is 0 Å². The highest BCUT2D eigenvalue weighted by Gasteiger charge is 2.28. The minimum Gasteiger partial charge on any atom is -0.384 e. The number of nitrogens with zero attached hydrogens (tertiary/aromatic N) is 1. The van der Waals surface area contributed by atoms with Crippen molar-refractivity contribution in [2.75, 3.05) is 25.5 Å². The molecule has 0 radical (unpaired) electrons. The fraction of sp³-hybridized carbons (Fsp3) is 0.600. The molecule has 5 nitrogen and oxygen atoms in total. The van der Waals surface area contributed by atoms with Gasteiger partial charge < -0.3 is 10.2 Å². The van der Waals surface area contributed by atoms with E-state index < -0.39 is 10.0 Å². The molecule has 2 aliphatic rings. The largest absolute Gasteiger partial charge is 0.384 e. The molecule has 2 saturated carbocycles. The van der Waals surface area contributed by atoms with E-state index in [-0.39, 0.29) is 6.04 Å². The number of nitrogens with one attached hydrogen (secondary N) is 2. The number of hydrogen-bond donors (Lipinski definition) is 2. The van der Waals surface area contributed by atoms with Gasteiger partial charge in [-0.1, -0.05) is 0 Å². The van der Waals surface area contributed by atoms with Crippen LogP contribution in [0.2, 0.25) is 0 Å². The van der Waals surface area contributed by atoms with Crippen molar-refractivity contribution < 1.29 is 8.42 Å². The molecule has 21 heavy (non-hydrogen) atoms. The van der Waals surface area contributed by atoms with E-state index in [1.54, 1.807) is 12.1 Å². The zero-order valence-corrected chi connectivity index (χ0v) is 13.2. The summed E-state index contributed by atoms with van der Waals surface area (Å²) in [5.74, 6) is 0. The van der Waals surface area contributed by atoms with Crippen LogP contribution in [0, 0.1) is 0 Å². The Balaban J connectivity index is 1.51. The molecule has 2 N–H and O–H groups in total. The monoisotopic (exact) mass is 309 g/mol. The summed E-state index contributed by atoms with van der Waals surface area (Å²) in [6, 6.07) is 7.91. The summed E-state index contributed by atoms with van der Waals surface area (Å²) >= 11 is 0. The second-order valence-corrected chi connectivity index (χ2v) is 7.77. The van der Waals surface area contributed by atoms with Crippen molar-refractivity contribution in [1.82, 2.24) is 9.62 Å². The Kier molecular flexibility index (Phi) is 4.19. The van der Waals surface area contributed by atoms with Gasteiger partial charge in [-0.25, -0.2) is 13.1 Å². The van der Waals surface area contributed by atoms with Gasteiger partial charge in [-0.05, 0) is 57.0 Å². The Labute approximate surface area is 126 Å². The summed E-state index contributed by atoms with van der Waals surface area (Å²) in [6.45, 7) is 1.88. The standard InChI is InChI=1S/C15H23N3O2S/c1-18(14-6-7-14)11-10-16-12-4-8-15(9-5-12)21(19,20)17-13-2-3-13/h4-5,8-9,13-14,16-17H,2-3,6-7,10-11H2,1H3. The highest BCUT2D eigenvalue weighted by Crippen LogP contribution is 2.25. The van der Waals surface area contributed by atoms with E-state index in [4.69, 9.17) is 0 Å². The van der Waals surface area contributed by atoms with Crippen LogP contribution in [0.25, 0.3) is 0 Å². The minimum absolute atomic E-state index is 0.144. The van der Waals surface area contributed by atoms with Gasteiger partial charge in [-0.15, -0.1) is 0 Å². The lowest BCUT2D eigenvalue weighted by atomic mass is 10.3. The first-order valence-corrected chi connectivity index (χ1v) is 9.09. The Morgan fingerprint density at radius 3 is 2.38 bits per heavy atom. The van der Waals surface area contributed by atoms with Crippen molar-refractivity contribution in [3.63, 3.8) is 0 Å². The first kappa shape index (κ1) is 14.8. The summed E-state index contributed by atoms with van der Waals surface area (Å²) in [6.07, 6.45) is 4.54. The summed E-state index contributed by atoms with van der Waals surface area (Å²) in [5, 5.41) is 3.33. The highest BCUT2D eigenvalue weighted by atomic mass is 32.2. The Bertz CT molecular complexity index is 577. The maximum absolute atomic E-state index is 12.0. The summed E-state index contributed by atoms with van der Waals surface area (Å²) in [5.41, 5.74) is 0.963. The molecule has 0 saturated heterocycles. The van der Waals surface area contributed by atoms with Crippen LogP contribution < -0.4 is 10.0 Å². The van der Waals surface area contributed by atoms with Crippen LogP contribution in [0.5, 0.6) is 0 Å². The third-order valence-corrected chi connectivity index (χ3v) is 5.56. The van der Waals surface area contributed by atoms with Crippen LogP contribution in [0.3, 0.4) is 0 Å². The number of likely N-dealkylation sites (N-methyl/N-ethyl adjacent to an activating group) is 1. The third kappa shape index (κ3) is 4.18. The van der Waals surface area contributed by atoms with Gasteiger partial charge in [-0.2, -0.15) is 0 Å². The average molecular weight is 309 g/mol. The second-order valence-electron chi connectivity index (χ2n) is 6.06. The maximum atomic E-state index is 12.0. The Morgan fingerprint density at radius 2 is 1.81 bits per heavy atom. The zero-order valence-electron chi connectivity index (χ0n) is 12.4. The molecule has 0 atom stereocenters. The highest BCUT2D eigenvalue weighted by molar-refractivity contribution is 7.89. The van der Waals surface area contributed by atoms with Gasteiger partial charge in [0.25, 0.3) is 0 Å². The van der Waals surface area contributed by atoms with Crippen molar-refractivity contribution >= 4 is 15.7 Å². The summed E-state index contributed by atoms with van der Waals surface area (Å²) < 4.78 is 26.8. The molecule has 0 amide bonds. The fourth-order valence-electron chi connectivity index (χ4n) is 2.32. The van der Waals surface area contributed by atoms with Crippen LogP contribution in [-0.4, -0.2) is 45.5 Å². The van der Waals surface area contributed by atoms with Crippen LogP contribution in [0.15, 0.2) is 29.2 Å². The molecule has 116 valence electrons. The predicted octanol–water partition coefficient (Wildman–Crippen LogP) is 1.63. The van der Waals surface area contributed by atoms with Crippen molar-refractivity contribution in [3.8, 4) is 0 Å². The molecule has 0 spiro atoms. The van der Waals surface area contributed by atoms with Crippen molar-refractivity contribution in [1.29, 1.82) is 0 Å². The third-order valence-electron chi connectivity index (χ3n) is 4.03. The molecular weight excluding hydrogens is 286 g/mol. The van der Waals surface area contributed by atoms with Gasteiger partial charge >= 0.3 is 0 Å². The Morgan fingerprint density at radius 1 is 1.14 bits per heavy atom. The fourth-order valence-corrected chi connectivity index (χ4v) is 3.62. The molecule has 1 aromatic carbocycles. The molecule has 6 heteroatoms. The van der Waals surface area contributed by atoms with E-state index in [2.05, 4.69) is 22.0 Å². The maximum Gasteiger partial charge on any atom is 0.240 e. The van der Waals surface area contributed by atoms with Crippen molar-refractivity contribution in [3.05, 3.63) is 24.3 Å². The molecule has 0 unspecified atom stereocenters. The number of benzene rings is 1. The molecule has 3 rings (SSSR count). The van der Waals surface area contributed by atoms with Crippen LogP contribution in [0.4, 0.5) is 5.69 Å². The van der Waals surface area contributed by atoms with Gasteiger partial charge in [0.15, 0.2) is 0 Å². The van der Waals surface area contributed by atoms with Crippen LogP contribution in [-0.2, 0) is 10.0 Å². The Hall–Kier alpha value is -1.11. The lowest BCUT2D eigenvalue weighted by Crippen LogP contribution is -2.27. The smallest absolute Gasteiger partial charge is 0.240 e. The van der Waals surface area contributed by atoms with Crippen molar-refractivity contribution in [2.45, 2.75) is 42.7 Å². The zero-order chi connectivity index (χ0) is 14.9. The SMILES string of the molecule is CN(CCNc1ccc(S(=O)(=O)NC2CC2)cc1)C1CC1. The van der Waals surface area contributed by atoms with E-state index in [0.717, 1.165) is 37.7 Å². The predicted molar refractivity (Wildman–Crippen MR) is 83.9 cm³/mol. The van der Waals surface area contributed by atoms with E-state index in [0.29, 0.717) is 4.90 Å². The molecule has 0 bridgehead atoms. The molecule has 2 aliphatic carbocycles. The number of rotatable bonds is 8. The molecule has 0 heterocycles. The van der Waals surface area contributed by atoms with E-state index >= 15 is 0 Å². The molecule has 0 aliphatic heterocycles. The molecule has 0 aromatic heterocycles. The molecular formula is C15H23N3O2S. The number of hydrogen-bond acceptors (Lipinski definition) is 4. The van der Waals surface area contributed by atoms with Crippen molar-refractivity contribution in [2.24, 2.45) is 0 Å². The topological polar surface area (TPSA) is 61.4 Å². The van der Waals surface area contributed by atoms with E-state index in [9.17, 15) is 8.42 Å². The number of sulfonamides is 1. The van der Waals surface area contributed by atoms with Crippen LogP contribution in [0.1, 0.15) is 25.7 Å². The average Bonchev–Trinajstić information content (AvgIpc) is 3.32. The first-order chi connectivity index (χ1) is 10.0. The lowest BCUT2D eigenvalue weighted by Gasteiger charge is -2.16. The quantitative estimate of drug-likeness (QED) is 0.766. The summed E-state index contributed by atoms with van der Waals surface area (Å²) in [4.78, 5) is 2.71. The summed E-state index contributed by atoms with van der Waals surface area (Å²) in [7, 11) is -1.19. The van der Waals surface area contributed by atoms with E-state index in [1.807, 2.05) is 12.1 Å². The lowest BCUT2D eigenvalue weighted by molar-refractivity contribution is 0.337. The van der Waals surface area contributed by atoms with Gasteiger partial charge in [0.05, 0.1) is 4.90 Å². The van der Waals surface area contributed by atoms with Gasteiger partial charge in [-0.3, -0.25) is 0 Å². The van der Waals surface area contributed by atoms with Crippen LogP contribution >= 0.6 is 0 Å². The minimum atomic E-state index is -3.34. The van der Waals surface area contributed by atoms with E-state index in [1.165, 1.54) is 12.8 Å².